The van der Waals surface area contributed by atoms with E-state index >= 15 is 0 Å². The minimum Gasteiger partial charge on any atom is -0.507 e. The van der Waals surface area contributed by atoms with E-state index in [0.717, 1.165) is 11.3 Å². The number of rotatable bonds is 3. The quantitative estimate of drug-likeness (QED) is 0.577. The molecule has 0 saturated heterocycles. The first kappa shape index (κ1) is 15.0. The Bertz CT molecular complexity index is 1020. The Kier molecular flexibility index (Phi) is 3.71. The lowest BCUT2D eigenvalue weighted by Gasteiger charge is -2.14. The molecule has 0 amide bonds. The van der Waals surface area contributed by atoms with Gasteiger partial charge in [-0.05, 0) is 24.3 Å². The smallest absolute Gasteiger partial charge is 0.148 e. The van der Waals surface area contributed by atoms with Crippen molar-refractivity contribution in [3.63, 3.8) is 0 Å². The third kappa shape index (κ3) is 2.64. The summed E-state index contributed by atoms with van der Waals surface area (Å²) in [4.78, 5) is 4.53. The number of nitrogens with zero attached hydrogens (tertiary/aromatic N) is 2. The molecule has 4 aromatic rings. The Morgan fingerprint density at radius 2 is 1.32 bits per heavy atom. The average molecular weight is 328 g/mol. The lowest BCUT2D eigenvalue weighted by Crippen LogP contribution is -2.00. The molecule has 0 bridgehead atoms. The van der Waals surface area contributed by atoms with Crippen LogP contribution in [0, 0.1) is 0 Å². The molecule has 0 spiro atoms. The number of aromatic nitrogens is 2. The molecule has 1 aromatic heterocycles. The van der Waals surface area contributed by atoms with Gasteiger partial charge in [0.05, 0.1) is 23.1 Å². The van der Waals surface area contributed by atoms with Crippen molar-refractivity contribution in [3.05, 3.63) is 85.1 Å². The summed E-state index contributed by atoms with van der Waals surface area (Å²) < 4.78 is 1.86. The molecule has 0 fully saturated rings. The number of phenols is 2. The fourth-order valence-electron chi connectivity index (χ4n) is 2.91. The SMILES string of the molecule is Oc1ccccc1-c1ncc(-c2ccccc2)n1-c1ccccc1O. The number of benzene rings is 3. The Morgan fingerprint density at radius 1 is 0.680 bits per heavy atom. The van der Waals surface area contributed by atoms with E-state index in [-0.39, 0.29) is 11.5 Å². The minimum absolute atomic E-state index is 0.143. The van der Waals surface area contributed by atoms with Crippen LogP contribution in [0.1, 0.15) is 0 Å². The number of phenolic OH excluding ortho intramolecular Hbond substituents is 2. The van der Waals surface area contributed by atoms with E-state index in [1.165, 1.54) is 0 Å². The van der Waals surface area contributed by atoms with Gasteiger partial charge in [-0.1, -0.05) is 54.6 Å². The van der Waals surface area contributed by atoms with Gasteiger partial charge >= 0.3 is 0 Å². The molecule has 4 rings (SSSR count). The van der Waals surface area contributed by atoms with Crippen molar-refractivity contribution >= 4 is 0 Å². The molecule has 4 nitrogen and oxygen atoms in total. The minimum atomic E-state index is 0.143. The highest BCUT2D eigenvalue weighted by Crippen LogP contribution is 2.36. The number of hydrogen-bond acceptors (Lipinski definition) is 3. The summed E-state index contributed by atoms with van der Waals surface area (Å²) in [7, 11) is 0. The summed E-state index contributed by atoms with van der Waals surface area (Å²) in [6.45, 7) is 0. The van der Waals surface area contributed by atoms with Crippen LogP contribution in [-0.2, 0) is 0 Å². The van der Waals surface area contributed by atoms with Gasteiger partial charge in [0.15, 0.2) is 0 Å². The van der Waals surface area contributed by atoms with Crippen molar-refractivity contribution in [2.75, 3.05) is 0 Å². The summed E-state index contributed by atoms with van der Waals surface area (Å²) >= 11 is 0. The molecule has 122 valence electrons. The molecule has 2 N–H and O–H groups in total. The van der Waals surface area contributed by atoms with Crippen molar-refractivity contribution in [2.24, 2.45) is 0 Å². The summed E-state index contributed by atoms with van der Waals surface area (Å²) in [6, 6.07) is 24.0. The van der Waals surface area contributed by atoms with Crippen LogP contribution in [-0.4, -0.2) is 19.8 Å². The van der Waals surface area contributed by atoms with E-state index in [0.29, 0.717) is 17.1 Å². The second-order valence-electron chi connectivity index (χ2n) is 5.67. The number of para-hydroxylation sites is 3. The second kappa shape index (κ2) is 6.17. The van der Waals surface area contributed by atoms with Crippen LogP contribution in [0.25, 0.3) is 28.3 Å². The lowest BCUT2D eigenvalue weighted by atomic mass is 10.1. The van der Waals surface area contributed by atoms with Gasteiger partial charge in [0.1, 0.15) is 17.3 Å². The molecule has 25 heavy (non-hydrogen) atoms. The van der Waals surface area contributed by atoms with Crippen molar-refractivity contribution in [1.29, 1.82) is 0 Å². The maximum absolute atomic E-state index is 10.4. The lowest BCUT2D eigenvalue weighted by molar-refractivity contribution is 0.471. The van der Waals surface area contributed by atoms with Crippen molar-refractivity contribution in [2.45, 2.75) is 0 Å². The van der Waals surface area contributed by atoms with Gasteiger partial charge in [-0.25, -0.2) is 4.98 Å². The molecule has 0 aliphatic carbocycles. The van der Waals surface area contributed by atoms with Gasteiger partial charge in [-0.15, -0.1) is 0 Å². The third-order valence-corrected chi connectivity index (χ3v) is 4.10. The molecular formula is C21H16N2O2. The van der Waals surface area contributed by atoms with Crippen LogP contribution >= 0.6 is 0 Å². The number of hydrogen-bond donors (Lipinski definition) is 2. The van der Waals surface area contributed by atoms with Crippen LogP contribution in [0.3, 0.4) is 0 Å². The maximum atomic E-state index is 10.4. The van der Waals surface area contributed by atoms with Gasteiger partial charge in [0.25, 0.3) is 0 Å². The largest absolute Gasteiger partial charge is 0.507 e. The summed E-state index contributed by atoms with van der Waals surface area (Å²) in [6.07, 6.45) is 1.75. The molecule has 4 heteroatoms. The fraction of sp³-hybridized carbons (Fsp3) is 0. The average Bonchev–Trinajstić information content (AvgIpc) is 3.08. The number of imidazole rings is 1. The van der Waals surface area contributed by atoms with Crippen molar-refractivity contribution in [1.82, 2.24) is 9.55 Å². The predicted molar refractivity (Wildman–Crippen MR) is 97.8 cm³/mol. The van der Waals surface area contributed by atoms with Gasteiger partial charge in [-0.3, -0.25) is 4.57 Å². The molecule has 0 unspecified atom stereocenters. The van der Waals surface area contributed by atoms with Gasteiger partial charge in [-0.2, -0.15) is 0 Å². The molecule has 1 heterocycles. The van der Waals surface area contributed by atoms with Crippen molar-refractivity contribution in [3.8, 4) is 39.8 Å². The van der Waals surface area contributed by atoms with E-state index in [1.807, 2.05) is 59.2 Å². The molecular weight excluding hydrogens is 312 g/mol. The third-order valence-electron chi connectivity index (χ3n) is 4.10. The van der Waals surface area contributed by atoms with Crippen LogP contribution in [0.15, 0.2) is 85.1 Å². The van der Waals surface area contributed by atoms with E-state index in [9.17, 15) is 10.2 Å². The highest BCUT2D eigenvalue weighted by Gasteiger charge is 2.18. The van der Waals surface area contributed by atoms with Gasteiger partial charge in [0, 0.05) is 5.56 Å². The summed E-state index contributed by atoms with van der Waals surface area (Å²) in [5.41, 5.74) is 3.02. The predicted octanol–water partition coefficient (Wildman–Crippen LogP) is 4.62. The van der Waals surface area contributed by atoms with Crippen molar-refractivity contribution < 1.29 is 10.2 Å². The zero-order valence-electron chi connectivity index (χ0n) is 13.4. The van der Waals surface area contributed by atoms with Crippen LogP contribution in [0.2, 0.25) is 0 Å². The Balaban J connectivity index is 2.03. The van der Waals surface area contributed by atoms with E-state index in [2.05, 4.69) is 4.98 Å². The van der Waals surface area contributed by atoms with E-state index in [1.54, 1.807) is 30.5 Å². The second-order valence-corrected chi connectivity index (χ2v) is 5.67. The molecule has 0 saturated carbocycles. The highest BCUT2D eigenvalue weighted by molar-refractivity contribution is 5.73. The molecule has 0 atom stereocenters. The number of aromatic hydroxyl groups is 2. The molecule has 3 aromatic carbocycles. The summed E-state index contributed by atoms with van der Waals surface area (Å²) in [5.74, 6) is 0.859. The van der Waals surface area contributed by atoms with Crippen LogP contribution in [0.4, 0.5) is 0 Å². The standard InChI is InChI=1S/C21H16N2O2/c24-19-12-6-4-10-16(19)21-22-14-18(15-8-2-1-3-9-15)23(21)17-11-5-7-13-20(17)25/h1-14,24-25H. The van der Waals surface area contributed by atoms with Gasteiger partial charge in [0.2, 0.25) is 0 Å². The van der Waals surface area contributed by atoms with Crippen LogP contribution < -0.4 is 0 Å². The first-order chi connectivity index (χ1) is 12.3. The zero-order valence-corrected chi connectivity index (χ0v) is 13.4. The Labute approximate surface area is 145 Å². The van der Waals surface area contributed by atoms with E-state index in [4.69, 9.17) is 0 Å². The van der Waals surface area contributed by atoms with Gasteiger partial charge < -0.3 is 10.2 Å². The highest BCUT2D eigenvalue weighted by atomic mass is 16.3. The normalized spacial score (nSPS) is 10.7. The summed E-state index contributed by atoms with van der Waals surface area (Å²) in [5, 5.41) is 20.7. The Morgan fingerprint density at radius 3 is 2.04 bits per heavy atom. The van der Waals surface area contributed by atoms with E-state index < -0.39 is 0 Å². The first-order valence-electron chi connectivity index (χ1n) is 7.95. The monoisotopic (exact) mass is 328 g/mol. The zero-order chi connectivity index (χ0) is 17.2. The first-order valence-corrected chi connectivity index (χ1v) is 7.95. The van der Waals surface area contributed by atoms with Crippen LogP contribution in [0.5, 0.6) is 11.5 Å². The Hall–Kier alpha value is -3.53. The molecule has 0 radical (unpaired) electrons. The maximum Gasteiger partial charge on any atom is 0.148 e. The molecule has 0 aliphatic rings. The molecule has 0 aliphatic heterocycles. The topological polar surface area (TPSA) is 58.3 Å². The fourth-order valence-corrected chi connectivity index (χ4v) is 2.91.